The second kappa shape index (κ2) is 10.8. The van der Waals surface area contributed by atoms with Crippen molar-refractivity contribution >= 4 is 11.8 Å². The molecule has 1 heterocycles. The van der Waals surface area contributed by atoms with E-state index in [1.807, 2.05) is 0 Å². The van der Waals surface area contributed by atoms with E-state index in [0.717, 1.165) is 13.2 Å². The smallest absolute Gasteiger partial charge is 0.406 e. The maximum absolute atomic E-state index is 13.4. The van der Waals surface area contributed by atoms with Crippen LogP contribution in [0.15, 0.2) is 23.8 Å². The van der Waals surface area contributed by atoms with Gasteiger partial charge < -0.3 is 39.7 Å². The highest BCUT2D eigenvalue weighted by molar-refractivity contribution is 5.96. The van der Waals surface area contributed by atoms with Crippen LogP contribution in [0.3, 0.4) is 0 Å². The van der Waals surface area contributed by atoms with Gasteiger partial charge in [-0.25, -0.2) is 0 Å². The minimum Gasteiger partial charge on any atom is -0.493 e. The second-order valence-electron chi connectivity index (χ2n) is 8.09. The molecule has 194 valence electrons. The molecule has 2 aliphatic rings. The lowest BCUT2D eigenvalue weighted by Crippen LogP contribution is -2.58. The van der Waals surface area contributed by atoms with Gasteiger partial charge in [0.05, 0.1) is 32.3 Å². The van der Waals surface area contributed by atoms with Gasteiger partial charge in [-0.15, -0.1) is 0 Å². The third kappa shape index (κ3) is 5.53. The van der Waals surface area contributed by atoms with Crippen LogP contribution in [0, 0.1) is 0 Å². The molecule has 35 heavy (non-hydrogen) atoms. The monoisotopic (exact) mass is 504 g/mol. The molecule has 0 aromatic heterocycles. The lowest BCUT2D eigenvalue weighted by atomic mass is 9.77. The third-order valence-corrected chi connectivity index (χ3v) is 5.79. The number of benzene rings is 1. The number of carbonyl (C=O) groups excluding carboxylic acids is 2. The van der Waals surface area contributed by atoms with Gasteiger partial charge >= 0.3 is 6.18 Å². The summed E-state index contributed by atoms with van der Waals surface area (Å²) >= 11 is 0. The number of rotatable bonds is 9. The van der Waals surface area contributed by atoms with Gasteiger partial charge in [0.15, 0.2) is 11.5 Å². The zero-order valence-corrected chi connectivity index (χ0v) is 19.0. The van der Waals surface area contributed by atoms with E-state index in [-0.39, 0.29) is 36.8 Å². The number of halogens is 3. The van der Waals surface area contributed by atoms with Crippen molar-refractivity contribution in [3.8, 4) is 11.5 Å². The Kier molecular flexibility index (Phi) is 8.26. The third-order valence-electron chi connectivity index (χ3n) is 5.79. The van der Waals surface area contributed by atoms with Crippen molar-refractivity contribution in [3.05, 3.63) is 34.9 Å². The summed E-state index contributed by atoms with van der Waals surface area (Å²) < 4.78 is 56.0. The van der Waals surface area contributed by atoms with Crippen molar-refractivity contribution < 1.29 is 52.3 Å². The molecule has 0 fully saturated rings. The van der Waals surface area contributed by atoms with E-state index in [2.05, 4.69) is 5.32 Å². The van der Waals surface area contributed by atoms with Gasteiger partial charge in [-0.2, -0.15) is 13.2 Å². The van der Waals surface area contributed by atoms with E-state index in [4.69, 9.17) is 19.3 Å². The molecule has 13 heteroatoms. The van der Waals surface area contributed by atoms with E-state index < -0.39 is 55.3 Å². The number of carbonyl (C=O) groups is 2. The average Bonchev–Trinajstić information content (AvgIpc) is 3.20. The van der Waals surface area contributed by atoms with Crippen molar-refractivity contribution in [2.75, 3.05) is 40.5 Å². The highest BCUT2D eigenvalue weighted by Crippen LogP contribution is 2.51. The van der Waals surface area contributed by atoms with E-state index in [1.165, 1.54) is 13.2 Å². The first kappa shape index (κ1) is 26.7. The number of aliphatic hydroxyl groups is 3. The fourth-order valence-electron chi connectivity index (χ4n) is 4.38. The Balaban J connectivity index is 2.14. The second-order valence-corrected chi connectivity index (χ2v) is 8.09. The first-order valence-electron chi connectivity index (χ1n) is 10.7. The summed E-state index contributed by atoms with van der Waals surface area (Å²) in [7, 11) is 2.49. The van der Waals surface area contributed by atoms with E-state index in [1.54, 1.807) is 6.07 Å². The summed E-state index contributed by atoms with van der Waals surface area (Å²) in [5, 5.41) is 32.3. The summed E-state index contributed by atoms with van der Waals surface area (Å²) in [5.74, 6) is -2.36. The van der Waals surface area contributed by atoms with Crippen LogP contribution in [-0.4, -0.2) is 97.0 Å². The molecule has 0 radical (unpaired) electrons. The fourth-order valence-corrected chi connectivity index (χ4v) is 4.38. The summed E-state index contributed by atoms with van der Waals surface area (Å²) in [6, 6.07) is 1.47. The molecule has 0 unspecified atom stereocenters. The van der Waals surface area contributed by atoms with Crippen LogP contribution >= 0.6 is 0 Å². The molecule has 2 amide bonds. The minimum absolute atomic E-state index is 0.0629. The SMILES string of the molecule is COCC(=O)N(CC(F)(F)F)[C@@H]1C=C(C(=O)NCCO)[C@@H]2c3cc(CO)cc(OC)c3O[C@@H]2[C@H]1O. The van der Waals surface area contributed by atoms with Crippen molar-refractivity contribution in [2.24, 2.45) is 0 Å². The average molecular weight is 504 g/mol. The van der Waals surface area contributed by atoms with Crippen LogP contribution in [0.1, 0.15) is 17.0 Å². The first-order chi connectivity index (χ1) is 16.6. The Morgan fingerprint density at radius 1 is 1.23 bits per heavy atom. The highest BCUT2D eigenvalue weighted by atomic mass is 19.4. The summed E-state index contributed by atoms with van der Waals surface area (Å²) in [4.78, 5) is 26.0. The molecule has 3 rings (SSSR count). The van der Waals surface area contributed by atoms with Gasteiger partial charge in [0, 0.05) is 24.8 Å². The van der Waals surface area contributed by atoms with Crippen molar-refractivity contribution in [3.63, 3.8) is 0 Å². The van der Waals surface area contributed by atoms with Gasteiger partial charge in [-0.1, -0.05) is 0 Å². The first-order valence-corrected chi connectivity index (χ1v) is 10.7. The number of amides is 2. The van der Waals surface area contributed by atoms with Gasteiger partial charge in [0.2, 0.25) is 11.8 Å². The van der Waals surface area contributed by atoms with E-state index in [9.17, 15) is 33.0 Å². The number of methoxy groups -OCH3 is 2. The molecule has 10 nitrogen and oxygen atoms in total. The number of nitrogens with zero attached hydrogens (tertiary/aromatic N) is 1. The predicted molar refractivity (Wildman–Crippen MR) is 114 cm³/mol. The Labute approximate surface area is 198 Å². The van der Waals surface area contributed by atoms with Crippen LogP contribution < -0.4 is 14.8 Å². The van der Waals surface area contributed by atoms with Crippen LogP contribution in [0.5, 0.6) is 11.5 Å². The quantitative estimate of drug-likeness (QED) is 0.364. The molecular weight excluding hydrogens is 477 g/mol. The zero-order chi connectivity index (χ0) is 25.9. The Hall–Kier alpha value is -2.87. The summed E-state index contributed by atoms with van der Waals surface area (Å²) in [5.41, 5.74) is 0.740. The summed E-state index contributed by atoms with van der Waals surface area (Å²) in [6.07, 6.45) is -6.60. The number of nitrogens with one attached hydrogen (secondary N) is 1. The number of fused-ring (bicyclic) bond motifs is 3. The number of hydrogen-bond acceptors (Lipinski definition) is 8. The lowest BCUT2D eigenvalue weighted by molar-refractivity contribution is -0.172. The van der Waals surface area contributed by atoms with Gasteiger partial charge in [-0.3, -0.25) is 9.59 Å². The maximum Gasteiger partial charge on any atom is 0.406 e. The largest absolute Gasteiger partial charge is 0.493 e. The number of aliphatic hydroxyl groups excluding tert-OH is 3. The lowest BCUT2D eigenvalue weighted by Gasteiger charge is -2.40. The molecule has 0 saturated heterocycles. The Morgan fingerprint density at radius 3 is 2.51 bits per heavy atom. The minimum atomic E-state index is -4.80. The standard InChI is InChI=1S/C22H27F3N2O8/c1-33-9-16(30)27(10-22(23,24)25)14-7-13(21(32)26-3-4-28)17-12-5-11(8-29)6-15(34-2)19(12)35-20(17)18(14)31/h5-7,14,17-18,20,28-29,31H,3-4,8-10H2,1-2H3,(H,26,32)/t14-,17+,18+,20+/m1/s1. The molecule has 1 aromatic rings. The molecule has 0 bridgehead atoms. The molecule has 1 aromatic carbocycles. The predicted octanol–water partition coefficient (Wildman–Crippen LogP) is -0.153. The number of ether oxygens (including phenoxy) is 3. The molecule has 4 atom stereocenters. The molecule has 0 spiro atoms. The highest BCUT2D eigenvalue weighted by Gasteiger charge is 2.52. The van der Waals surface area contributed by atoms with Crippen LogP contribution in [0.4, 0.5) is 13.2 Å². The Morgan fingerprint density at radius 2 is 1.94 bits per heavy atom. The number of hydrogen-bond donors (Lipinski definition) is 4. The van der Waals surface area contributed by atoms with E-state index >= 15 is 0 Å². The fraction of sp³-hybridized carbons (Fsp3) is 0.545. The molecule has 4 N–H and O–H groups in total. The van der Waals surface area contributed by atoms with Crippen molar-refractivity contribution in [2.45, 2.75) is 37.0 Å². The molecule has 1 aliphatic heterocycles. The maximum atomic E-state index is 13.4. The van der Waals surface area contributed by atoms with Crippen LogP contribution in [0.25, 0.3) is 0 Å². The molecular formula is C22H27F3N2O8. The van der Waals surface area contributed by atoms with Crippen LogP contribution in [-0.2, 0) is 20.9 Å². The van der Waals surface area contributed by atoms with E-state index in [0.29, 0.717) is 16.0 Å². The molecule has 0 saturated carbocycles. The van der Waals surface area contributed by atoms with Gasteiger partial charge in [0.25, 0.3) is 0 Å². The van der Waals surface area contributed by atoms with Gasteiger partial charge in [-0.05, 0) is 23.8 Å². The van der Waals surface area contributed by atoms with Crippen LogP contribution in [0.2, 0.25) is 0 Å². The zero-order valence-electron chi connectivity index (χ0n) is 19.0. The summed E-state index contributed by atoms with van der Waals surface area (Å²) in [6.45, 7) is -3.26. The van der Waals surface area contributed by atoms with Crippen molar-refractivity contribution in [1.29, 1.82) is 0 Å². The van der Waals surface area contributed by atoms with Gasteiger partial charge in [0.1, 0.15) is 25.4 Å². The Bertz CT molecular complexity index is 984. The normalized spacial score (nSPS) is 23.0. The topological polar surface area (TPSA) is 138 Å². The number of alkyl halides is 3. The van der Waals surface area contributed by atoms with Crippen molar-refractivity contribution in [1.82, 2.24) is 10.2 Å². The molecule has 1 aliphatic carbocycles.